The van der Waals surface area contributed by atoms with E-state index < -0.39 is 17.8 Å². The van der Waals surface area contributed by atoms with Crippen LogP contribution in [0.4, 0.5) is 4.39 Å². The first kappa shape index (κ1) is 27.0. The summed E-state index contributed by atoms with van der Waals surface area (Å²) in [5.41, 5.74) is 1.58. The van der Waals surface area contributed by atoms with Crippen LogP contribution in [-0.2, 0) is 29.0 Å². The van der Waals surface area contributed by atoms with Crippen molar-refractivity contribution < 1.29 is 14.0 Å². The van der Waals surface area contributed by atoms with E-state index in [9.17, 15) is 14.0 Å². The first-order valence-electron chi connectivity index (χ1n) is 11.3. The van der Waals surface area contributed by atoms with Gasteiger partial charge in [-0.05, 0) is 41.8 Å². The number of halogens is 4. The molecule has 35 heavy (non-hydrogen) atoms. The molecule has 184 valence electrons. The third-order valence-corrected chi connectivity index (χ3v) is 6.51. The molecule has 0 fully saturated rings. The highest BCUT2D eigenvalue weighted by Gasteiger charge is 2.31. The molecule has 3 aromatic carbocycles. The Bertz CT molecular complexity index is 1150. The van der Waals surface area contributed by atoms with E-state index in [2.05, 4.69) is 5.32 Å². The molecule has 1 unspecified atom stereocenters. The number of nitrogens with zero attached hydrogens (tertiary/aromatic N) is 1. The van der Waals surface area contributed by atoms with Crippen molar-refractivity contribution in [3.05, 3.63) is 104 Å². The SMILES string of the molecule is CCCNC(=O)C(Cc1ccccc1)N(Cc1ccc(Cl)cc1Cl)C(=O)Cc1c(F)cccc1Cl. The zero-order valence-corrected chi connectivity index (χ0v) is 21.5. The van der Waals surface area contributed by atoms with E-state index in [-0.39, 0.29) is 35.9 Å². The predicted octanol–water partition coefficient (Wildman–Crippen LogP) is 6.49. The lowest BCUT2D eigenvalue weighted by molar-refractivity contribution is -0.140. The molecule has 8 heteroatoms. The normalized spacial score (nSPS) is 11.7. The first-order valence-corrected chi connectivity index (χ1v) is 12.4. The Labute approximate surface area is 220 Å². The Morgan fingerprint density at radius 3 is 2.37 bits per heavy atom. The molecule has 0 bridgehead atoms. The van der Waals surface area contributed by atoms with E-state index in [0.717, 1.165) is 12.0 Å². The number of benzene rings is 3. The molecule has 0 saturated heterocycles. The van der Waals surface area contributed by atoms with Gasteiger partial charge in [-0.25, -0.2) is 4.39 Å². The summed E-state index contributed by atoms with van der Waals surface area (Å²) in [5.74, 6) is -1.32. The summed E-state index contributed by atoms with van der Waals surface area (Å²) < 4.78 is 14.5. The molecule has 0 aliphatic carbocycles. The second-order valence-corrected chi connectivity index (χ2v) is 9.38. The summed E-state index contributed by atoms with van der Waals surface area (Å²) in [6.45, 7) is 2.45. The highest BCUT2D eigenvalue weighted by atomic mass is 35.5. The van der Waals surface area contributed by atoms with E-state index in [1.54, 1.807) is 18.2 Å². The summed E-state index contributed by atoms with van der Waals surface area (Å²) in [7, 11) is 0. The number of hydrogen-bond donors (Lipinski definition) is 1. The lowest BCUT2D eigenvalue weighted by atomic mass is 10.0. The van der Waals surface area contributed by atoms with Crippen LogP contribution in [0.5, 0.6) is 0 Å². The molecule has 0 heterocycles. The van der Waals surface area contributed by atoms with Gasteiger partial charge in [0.1, 0.15) is 11.9 Å². The van der Waals surface area contributed by atoms with E-state index in [1.807, 2.05) is 37.3 Å². The molecule has 1 N–H and O–H groups in total. The Kier molecular flexibility index (Phi) is 9.96. The topological polar surface area (TPSA) is 49.4 Å². The van der Waals surface area contributed by atoms with E-state index in [0.29, 0.717) is 22.2 Å². The fourth-order valence-corrected chi connectivity index (χ4v) is 4.41. The minimum absolute atomic E-state index is 0.0396. The van der Waals surface area contributed by atoms with E-state index in [1.165, 1.54) is 23.1 Å². The van der Waals surface area contributed by atoms with Crippen molar-refractivity contribution in [3.63, 3.8) is 0 Å². The quantitative estimate of drug-likeness (QED) is 0.322. The molecule has 2 amide bonds. The van der Waals surface area contributed by atoms with Crippen LogP contribution in [0.15, 0.2) is 66.7 Å². The van der Waals surface area contributed by atoms with Gasteiger partial charge in [-0.15, -0.1) is 0 Å². The molecule has 0 radical (unpaired) electrons. The van der Waals surface area contributed by atoms with Crippen LogP contribution in [0.2, 0.25) is 15.1 Å². The van der Waals surface area contributed by atoms with Gasteiger partial charge in [-0.2, -0.15) is 0 Å². The van der Waals surface area contributed by atoms with Crippen LogP contribution in [0.25, 0.3) is 0 Å². The number of carbonyl (C=O) groups excluding carboxylic acids is 2. The van der Waals surface area contributed by atoms with Crippen LogP contribution in [0.1, 0.15) is 30.0 Å². The van der Waals surface area contributed by atoms with Gasteiger partial charge in [0, 0.05) is 40.1 Å². The summed E-state index contributed by atoms with van der Waals surface area (Å²) in [6.07, 6.45) is 0.715. The van der Waals surface area contributed by atoms with Crippen molar-refractivity contribution >= 4 is 46.6 Å². The van der Waals surface area contributed by atoms with Crippen LogP contribution in [0.3, 0.4) is 0 Å². The maximum atomic E-state index is 14.5. The lowest BCUT2D eigenvalue weighted by Gasteiger charge is -2.32. The third-order valence-electron chi connectivity index (χ3n) is 5.57. The maximum absolute atomic E-state index is 14.5. The van der Waals surface area contributed by atoms with E-state index >= 15 is 0 Å². The predicted molar refractivity (Wildman–Crippen MR) is 139 cm³/mol. The smallest absolute Gasteiger partial charge is 0.243 e. The van der Waals surface area contributed by atoms with Crippen molar-refractivity contribution in [2.45, 2.75) is 38.8 Å². The summed E-state index contributed by atoms with van der Waals surface area (Å²) in [4.78, 5) is 28.4. The van der Waals surface area contributed by atoms with Crippen LogP contribution >= 0.6 is 34.8 Å². The number of hydrogen-bond acceptors (Lipinski definition) is 2. The maximum Gasteiger partial charge on any atom is 0.243 e. The van der Waals surface area contributed by atoms with Gasteiger partial charge < -0.3 is 10.2 Å². The van der Waals surface area contributed by atoms with Crippen molar-refractivity contribution in [1.82, 2.24) is 10.2 Å². The molecule has 3 aromatic rings. The average molecular weight is 536 g/mol. The summed E-state index contributed by atoms with van der Waals surface area (Å²) in [5, 5.41) is 3.87. The number of rotatable bonds is 10. The van der Waals surface area contributed by atoms with Gasteiger partial charge in [-0.1, -0.05) is 84.2 Å². The average Bonchev–Trinajstić information content (AvgIpc) is 2.84. The van der Waals surface area contributed by atoms with Gasteiger partial charge in [-0.3, -0.25) is 9.59 Å². The molecule has 0 aliphatic heterocycles. The lowest BCUT2D eigenvalue weighted by Crippen LogP contribution is -2.51. The molecular formula is C27H26Cl3FN2O2. The zero-order valence-electron chi connectivity index (χ0n) is 19.2. The number of carbonyl (C=O) groups is 2. The fraction of sp³-hybridized carbons (Fsp3) is 0.259. The number of amides is 2. The monoisotopic (exact) mass is 534 g/mol. The van der Waals surface area contributed by atoms with Gasteiger partial charge in [0.2, 0.25) is 11.8 Å². The Balaban J connectivity index is 2.02. The Hall–Kier alpha value is -2.60. The van der Waals surface area contributed by atoms with Crippen molar-refractivity contribution in [2.75, 3.05) is 6.54 Å². The molecule has 0 spiro atoms. The molecular weight excluding hydrogens is 510 g/mol. The molecule has 0 aliphatic rings. The minimum Gasteiger partial charge on any atom is -0.354 e. The van der Waals surface area contributed by atoms with Crippen molar-refractivity contribution in [1.29, 1.82) is 0 Å². The zero-order chi connectivity index (χ0) is 25.4. The molecule has 0 aromatic heterocycles. The fourth-order valence-electron chi connectivity index (χ4n) is 3.71. The van der Waals surface area contributed by atoms with Gasteiger partial charge >= 0.3 is 0 Å². The second kappa shape index (κ2) is 12.9. The second-order valence-electron chi connectivity index (χ2n) is 8.13. The summed E-state index contributed by atoms with van der Waals surface area (Å²) >= 11 is 18.7. The Morgan fingerprint density at radius 1 is 0.971 bits per heavy atom. The van der Waals surface area contributed by atoms with E-state index in [4.69, 9.17) is 34.8 Å². The molecule has 3 rings (SSSR count). The first-order chi connectivity index (χ1) is 16.8. The Morgan fingerprint density at radius 2 is 1.71 bits per heavy atom. The third kappa shape index (κ3) is 7.44. The van der Waals surface area contributed by atoms with Crippen molar-refractivity contribution in [3.8, 4) is 0 Å². The van der Waals surface area contributed by atoms with Crippen LogP contribution in [0, 0.1) is 5.82 Å². The van der Waals surface area contributed by atoms with Gasteiger partial charge in [0.05, 0.1) is 6.42 Å². The number of nitrogens with one attached hydrogen (secondary N) is 1. The van der Waals surface area contributed by atoms with Gasteiger partial charge in [0.25, 0.3) is 0 Å². The minimum atomic E-state index is -0.853. The van der Waals surface area contributed by atoms with Crippen molar-refractivity contribution in [2.24, 2.45) is 0 Å². The molecule has 1 atom stereocenters. The molecule has 0 saturated carbocycles. The summed E-state index contributed by atoms with van der Waals surface area (Å²) in [6, 6.07) is 17.8. The van der Waals surface area contributed by atoms with Gasteiger partial charge in [0.15, 0.2) is 0 Å². The van der Waals surface area contributed by atoms with Crippen LogP contribution < -0.4 is 5.32 Å². The standard InChI is InChI=1S/C27H26Cl3FN2O2/c1-2-13-32-27(35)25(14-18-7-4-3-5-8-18)33(17-19-11-12-20(28)15-23(19)30)26(34)16-21-22(29)9-6-10-24(21)31/h3-12,15,25H,2,13-14,16-17H2,1H3,(H,32,35). The molecule has 4 nitrogen and oxygen atoms in total. The highest BCUT2D eigenvalue weighted by Crippen LogP contribution is 2.26. The highest BCUT2D eigenvalue weighted by molar-refractivity contribution is 6.35. The largest absolute Gasteiger partial charge is 0.354 e. The van der Waals surface area contributed by atoms with Crippen LogP contribution in [-0.4, -0.2) is 29.3 Å².